The van der Waals surface area contributed by atoms with Crippen LogP contribution in [0.3, 0.4) is 0 Å². The topological polar surface area (TPSA) is 63.2 Å². The Balaban J connectivity index is 2.38. The van der Waals surface area contributed by atoms with E-state index >= 15 is 0 Å². The fraction of sp³-hybridized carbons (Fsp3) is 0.308. The van der Waals surface area contributed by atoms with Crippen molar-refractivity contribution in [1.82, 2.24) is 0 Å². The first-order chi connectivity index (χ1) is 7.99. The number of anilines is 1. The van der Waals surface area contributed by atoms with E-state index in [9.17, 15) is 14.4 Å². The van der Waals surface area contributed by atoms with Crippen LogP contribution in [0.5, 0.6) is 0 Å². The van der Waals surface area contributed by atoms with Gasteiger partial charge in [0, 0.05) is 23.6 Å². The van der Waals surface area contributed by atoms with Crippen LogP contribution in [0.15, 0.2) is 18.2 Å². The maximum atomic E-state index is 11.8. The molecule has 0 aromatic heterocycles. The summed E-state index contributed by atoms with van der Waals surface area (Å²) in [5.74, 6) is -1.09. The Bertz CT molecular complexity index is 517. The number of carbonyl (C=O) groups is 3. The lowest BCUT2D eigenvalue weighted by atomic mass is 9.95. The van der Waals surface area contributed by atoms with E-state index in [0.717, 1.165) is 0 Å². The standard InChI is InChI=1S/C13H13NO3/c1-7(2)12(16)8-3-4-10-9(5-8)6-11(15)13(17)14-10/h3-5,7H,6H2,1-2H3,(H,14,17). The van der Waals surface area contributed by atoms with Gasteiger partial charge in [-0.1, -0.05) is 13.8 Å². The molecule has 88 valence electrons. The third-order valence-corrected chi connectivity index (χ3v) is 2.77. The van der Waals surface area contributed by atoms with Crippen LogP contribution in [0.4, 0.5) is 5.69 Å². The number of nitrogens with one attached hydrogen (secondary N) is 1. The molecule has 1 aliphatic rings. The number of amides is 1. The van der Waals surface area contributed by atoms with Crippen LogP contribution in [0.1, 0.15) is 29.8 Å². The Morgan fingerprint density at radius 1 is 1.29 bits per heavy atom. The number of hydrogen-bond acceptors (Lipinski definition) is 3. The summed E-state index contributed by atoms with van der Waals surface area (Å²) in [7, 11) is 0. The maximum Gasteiger partial charge on any atom is 0.292 e. The van der Waals surface area contributed by atoms with Gasteiger partial charge in [0.15, 0.2) is 5.78 Å². The first-order valence-electron chi connectivity index (χ1n) is 5.50. The van der Waals surface area contributed by atoms with Gasteiger partial charge in [0.2, 0.25) is 5.78 Å². The van der Waals surface area contributed by atoms with Crippen LogP contribution < -0.4 is 5.32 Å². The summed E-state index contributed by atoms with van der Waals surface area (Å²) < 4.78 is 0. The lowest BCUT2D eigenvalue weighted by molar-refractivity contribution is -0.134. The number of ketones is 2. The van der Waals surface area contributed by atoms with Crippen LogP contribution in [0.2, 0.25) is 0 Å². The molecule has 4 heteroatoms. The lowest BCUT2D eigenvalue weighted by Crippen LogP contribution is -2.30. The molecule has 0 radical (unpaired) electrons. The normalized spacial score (nSPS) is 14.5. The van der Waals surface area contributed by atoms with Crippen molar-refractivity contribution in [1.29, 1.82) is 0 Å². The molecule has 0 atom stereocenters. The SMILES string of the molecule is CC(C)C(=O)c1ccc2c(c1)CC(=O)C(=O)N2. The first kappa shape index (κ1) is 11.5. The predicted molar refractivity (Wildman–Crippen MR) is 63.0 cm³/mol. The van der Waals surface area contributed by atoms with Crippen molar-refractivity contribution in [3.8, 4) is 0 Å². The van der Waals surface area contributed by atoms with Crippen molar-refractivity contribution in [2.45, 2.75) is 20.3 Å². The van der Waals surface area contributed by atoms with Crippen molar-refractivity contribution >= 4 is 23.2 Å². The van der Waals surface area contributed by atoms with Gasteiger partial charge < -0.3 is 5.32 Å². The van der Waals surface area contributed by atoms with Gasteiger partial charge in [-0.25, -0.2) is 0 Å². The second-order valence-corrected chi connectivity index (χ2v) is 4.44. The van der Waals surface area contributed by atoms with E-state index in [4.69, 9.17) is 0 Å². The molecular formula is C13H13NO3. The molecule has 0 saturated heterocycles. The van der Waals surface area contributed by atoms with E-state index in [1.807, 2.05) is 13.8 Å². The Morgan fingerprint density at radius 2 is 2.00 bits per heavy atom. The van der Waals surface area contributed by atoms with Crippen molar-refractivity contribution < 1.29 is 14.4 Å². The minimum atomic E-state index is -0.583. The Labute approximate surface area is 99.0 Å². The van der Waals surface area contributed by atoms with Crippen LogP contribution in [-0.2, 0) is 16.0 Å². The molecule has 17 heavy (non-hydrogen) atoms. The number of hydrogen-bond donors (Lipinski definition) is 1. The molecule has 0 unspecified atom stereocenters. The monoisotopic (exact) mass is 231 g/mol. The average molecular weight is 231 g/mol. The van der Waals surface area contributed by atoms with Crippen LogP contribution in [0, 0.1) is 5.92 Å². The average Bonchev–Trinajstić information content (AvgIpc) is 2.29. The highest BCUT2D eigenvalue weighted by molar-refractivity contribution is 6.42. The second kappa shape index (κ2) is 4.13. The molecule has 0 bridgehead atoms. The highest BCUT2D eigenvalue weighted by Crippen LogP contribution is 2.23. The third kappa shape index (κ3) is 2.11. The summed E-state index contributed by atoms with van der Waals surface area (Å²) >= 11 is 0. The van der Waals surface area contributed by atoms with Gasteiger partial charge in [0.05, 0.1) is 0 Å². The Morgan fingerprint density at radius 3 is 2.65 bits per heavy atom. The summed E-state index contributed by atoms with van der Waals surface area (Å²) in [6.07, 6.45) is 0.0698. The maximum absolute atomic E-state index is 11.8. The Kier molecular flexibility index (Phi) is 2.79. The highest BCUT2D eigenvalue weighted by atomic mass is 16.2. The van der Waals surface area contributed by atoms with Crippen LogP contribution >= 0.6 is 0 Å². The minimum absolute atomic E-state index is 0.0390. The molecule has 2 rings (SSSR count). The van der Waals surface area contributed by atoms with Crippen LogP contribution in [-0.4, -0.2) is 17.5 Å². The van der Waals surface area contributed by atoms with E-state index in [0.29, 0.717) is 16.8 Å². The van der Waals surface area contributed by atoms with Crippen molar-refractivity contribution in [2.75, 3.05) is 5.32 Å². The van der Waals surface area contributed by atoms with Gasteiger partial charge >= 0.3 is 0 Å². The van der Waals surface area contributed by atoms with Gasteiger partial charge in [0.25, 0.3) is 5.91 Å². The van der Waals surface area contributed by atoms with E-state index in [-0.39, 0.29) is 18.1 Å². The van der Waals surface area contributed by atoms with E-state index < -0.39 is 11.7 Å². The van der Waals surface area contributed by atoms with Gasteiger partial charge in [-0.2, -0.15) is 0 Å². The van der Waals surface area contributed by atoms with E-state index in [2.05, 4.69) is 5.32 Å². The molecule has 0 fully saturated rings. The summed E-state index contributed by atoms with van der Waals surface area (Å²) in [4.78, 5) is 34.2. The number of benzene rings is 1. The highest BCUT2D eigenvalue weighted by Gasteiger charge is 2.24. The van der Waals surface area contributed by atoms with E-state index in [1.54, 1.807) is 18.2 Å². The number of carbonyl (C=O) groups excluding carboxylic acids is 3. The molecule has 1 aliphatic heterocycles. The van der Waals surface area contributed by atoms with Gasteiger partial charge in [0.1, 0.15) is 0 Å². The number of Topliss-reactive ketones (excluding diaryl/α,β-unsaturated/α-hetero) is 2. The molecule has 0 spiro atoms. The lowest BCUT2D eigenvalue weighted by Gasteiger charge is -2.16. The van der Waals surface area contributed by atoms with Crippen LogP contribution in [0.25, 0.3) is 0 Å². The zero-order valence-electron chi connectivity index (χ0n) is 9.74. The first-order valence-corrected chi connectivity index (χ1v) is 5.50. The zero-order chi connectivity index (χ0) is 12.6. The quantitative estimate of drug-likeness (QED) is 0.621. The molecule has 1 amide bonds. The number of rotatable bonds is 2. The van der Waals surface area contributed by atoms with Crippen molar-refractivity contribution in [2.24, 2.45) is 5.92 Å². The third-order valence-electron chi connectivity index (χ3n) is 2.77. The summed E-state index contributed by atoms with van der Waals surface area (Å²) in [5.41, 5.74) is 1.92. The molecule has 1 aromatic rings. The molecule has 1 aromatic carbocycles. The molecular weight excluding hydrogens is 218 g/mol. The summed E-state index contributed by atoms with van der Waals surface area (Å²) in [6.45, 7) is 3.66. The minimum Gasteiger partial charge on any atom is -0.319 e. The molecule has 1 N–H and O–H groups in total. The zero-order valence-corrected chi connectivity index (χ0v) is 9.74. The molecule has 0 saturated carbocycles. The molecule has 4 nitrogen and oxygen atoms in total. The van der Waals surface area contributed by atoms with Gasteiger partial charge in [-0.05, 0) is 23.8 Å². The number of fused-ring (bicyclic) bond motifs is 1. The molecule has 1 heterocycles. The predicted octanol–water partition coefficient (Wildman–Crippen LogP) is 1.59. The Hall–Kier alpha value is -1.97. The summed E-state index contributed by atoms with van der Waals surface area (Å²) in [5, 5.41) is 2.51. The fourth-order valence-corrected chi connectivity index (χ4v) is 1.79. The second-order valence-electron chi connectivity index (χ2n) is 4.44. The molecule has 0 aliphatic carbocycles. The summed E-state index contributed by atoms with van der Waals surface area (Å²) in [6, 6.07) is 5.04. The van der Waals surface area contributed by atoms with Crippen molar-refractivity contribution in [3.63, 3.8) is 0 Å². The smallest absolute Gasteiger partial charge is 0.292 e. The largest absolute Gasteiger partial charge is 0.319 e. The van der Waals surface area contributed by atoms with Gasteiger partial charge in [-0.15, -0.1) is 0 Å². The van der Waals surface area contributed by atoms with E-state index in [1.165, 1.54) is 0 Å². The van der Waals surface area contributed by atoms with Crippen molar-refractivity contribution in [3.05, 3.63) is 29.3 Å². The fourth-order valence-electron chi connectivity index (χ4n) is 1.79. The van der Waals surface area contributed by atoms with Gasteiger partial charge in [-0.3, -0.25) is 14.4 Å².